The molecule has 0 aliphatic heterocycles. The molecule has 5 rings (SSSR count). The molecular weight excluding hydrogens is 396 g/mol. The SMILES string of the molecule is C[C@H](CCCc1ccccc1)Oc1cc(O)c2c(c1)[C@H]1CCCC[C@H]1[C@H]1CCC(=O)C[C@H]21. The fraction of sp³-hybridized carbons (Fsp3) is 0.552. The summed E-state index contributed by atoms with van der Waals surface area (Å²) in [6.07, 6.45) is 10.6. The van der Waals surface area contributed by atoms with Crippen molar-refractivity contribution in [2.45, 2.75) is 89.1 Å². The average Bonchev–Trinajstić information content (AvgIpc) is 2.79. The first-order chi connectivity index (χ1) is 15.6. The molecule has 0 unspecified atom stereocenters. The van der Waals surface area contributed by atoms with Gasteiger partial charge in [0.1, 0.15) is 17.3 Å². The smallest absolute Gasteiger partial charge is 0.133 e. The number of fused-ring (bicyclic) bond motifs is 6. The number of hydrogen-bond donors (Lipinski definition) is 1. The Labute approximate surface area is 192 Å². The van der Waals surface area contributed by atoms with Gasteiger partial charge in [-0.05, 0) is 86.3 Å². The Morgan fingerprint density at radius 3 is 2.66 bits per heavy atom. The van der Waals surface area contributed by atoms with Gasteiger partial charge in [0, 0.05) is 24.5 Å². The summed E-state index contributed by atoms with van der Waals surface area (Å²) in [5.41, 5.74) is 3.71. The highest BCUT2D eigenvalue weighted by Gasteiger charge is 2.47. The Bertz CT molecular complexity index is 950. The second-order valence-electron chi connectivity index (χ2n) is 10.4. The summed E-state index contributed by atoms with van der Waals surface area (Å²) >= 11 is 0. The van der Waals surface area contributed by atoms with Gasteiger partial charge in [-0.2, -0.15) is 0 Å². The lowest BCUT2D eigenvalue weighted by Crippen LogP contribution is -2.38. The number of carbonyl (C=O) groups is 1. The summed E-state index contributed by atoms with van der Waals surface area (Å²) in [5, 5.41) is 11.1. The van der Waals surface area contributed by atoms with E-state index in [9.17, 15) is 9.90 Å². The van der Waals surface area contributed by atoms with Crippen molar-refractivity contribution in [1.82, 2.24) is 0 Å². The van der Waals surface area contributed by atoms with Crippen LogP contribution in [-0.2, 0) is 11.2 Å². The predicted octanol–water partition coefficient (Wildman–Crippen LogP) is 6.92. The highest BCUT2D eigenvalue weighted by Crippen LogP contribution is 2.58. The van der Waals surface area contributed by atoms with Crippen molar-refractivity contribution in [3.8, 4) is 11.5 Å². The van der Waals surface area contributed by atoms with E-state index in [1.165, 1.54) is 36.8 Å². The fourth-order valence-electron chi connectivity index (χ4n) is 6.86. The van der Waals surface area contributed by atoms with Crippen molar-refractivity contribution < 1.29 is 14.6 Å². The summed E-state index contributed by atoms with van der Waals surface area (Å²) in [5.74, 6) is 3.42. The number of phenols is 1. The first-order valence-corrected chi connectivity index (χ1v) is 12.7. The molecule has 32 heavy (non-hydrogen) atoms. The zero-order valence-corrected chi connectivity index (χ0v) is 19.3. The Balaban J connectivity index is 1.33. The van der Waals surface area contributed by atoms with E-state index in [0.717, 1.165) is 43.4 Å². The van der Waals surface area contributed by atoms with Crippen LogP contribution in [0.2, 0.25) is 0 Å². The second-order valence-corrected chi connectivity index (χ2v) is 10.4. The van der Waals surface area contributed by atoms with E-state index in [2.05, 4.69) is 43.3 Å². The zero-order chi connectivity index (χ0) is 22.1. The quantitative estimate of drug-likeness (QED) is 0.539. The lowest BCUT2D eigenvalue weighted by Gasteiger charge is -2.48. The predicted molar refractivity (Wildman–Crippen MR) is 127 cm³/mol. The summed E-state index contributed by atoms with van der Waals surface area (Å²) in [6.45, 7) is 2.13. The molecule has 0 heterocycles. The molecule has 0 saturated heterocycles. The van der Waals surface area contributed by atoms with Gasteiger partial charge >= 0.3 is 0 Å². The molecule has 0 bridgehead atoms. The van der Waals surface area contributed by atoms with Crippen LogP contribution in [0.4, 0.5) is 0 Å². The van der Waals surface area contributed by atoms with Crippen LogP contribution in [0.3, 0.4) is 0 Å². The molecule has 2 saturated carbocycles. The number of ether oxygens (including phenoxy) is 1. The molecule has 3 heteroatoms. The highest BCUT2D eigenvalue weighted by molar-refractivity contribution is 5.81. The van der Waals surface area contributed by atoms with Crippen LogP contribution in [0, 0.1) is 11.8 Å². The molecule has 3 aliphatic rings. The standard InChI is InChI=1S/C29H36O3/c1-19(8-7-11-20-9-3-2-4-10-20)32-22-17-27-24-13-6-5-12-23(24)25-15-14-21(30)16-26(25)29(27)28(31)18-22/h2-4,9-10,17-19,23-26,31H,5-8,11-16H2,1H3/t19-,23-,24+,25-,26+/m1/s1. The third-order valence-electron chi connectivity index (χ3n) is 8.28. The number of carbonyl (C=O) groups excluding carboxylic acids is 1. The van der Waals surface area contributed by atoms with Crippen LogP contribution in [0.25, 0.3) is 0 Å². The van der Waals surface area contributed by atoms with Crippen LogP contribution >= 0.6 is 0 Å². The van der Waals surface area contributed by atoms with Gasteiger partial charge in [-0.15, -0.1) is 0 Å². The van der Waals surface area contributed by atoms with Crippen molar-refractivity contribution >= 4 is 5.78 Å². The topological polar surface area (TPSA) is 46.5 Å². The third kappa shape index (κ3) is 4.31. The number of phenolic OH excluding ortho intramolecular Hbond substituents is 1. The van der Waals surface area contributed by atoms with Crippen molar-refractivity contribution in [3.05, 3.63) is 59.2 Å². The number of ketones is 1. The summed E-state index contributed by atoms with van der Waals surface area (Å²) in [7, 11) is 0. The highest BCUT2D eigenvalue weighted by atomic mass is 16.5. The molecule has 2 fully saturated rings. The summed E-state index contributed by atoms with van der Waals surface area (Å²) in [4.78, 5) is 12.3. The fourth-order valence-corrected chi connectivity index (χ4v) is 6.86. The Kier molecular flexibility index (Phi) is 6.26. The maximum absolute atomic E-state index is 12.3. The maximum atomic E-state index is 12.3. The minimum atomic E-state index is 0.103. The number of Topliss-reactive ketones (excluding diaryl/α,β-unsaturated/α-hetero) is 1. The number of aryl methyl sites for hydroxylation is 1. The van der Waals surface area contributed by atoms with E-state index >= 15 is 0 Å². The molecule has 0 radical (unpaired) electrons. The maximum Gasteiger partial charge on any atom is 0.133 e. The van der Waals surface area contributed by atoms with E-state index in [-0.39, 0.29) is 12.0 Å². The van der Waals surface area contributed by atoms with Gasteiger partial charge < -0.3 is 9.84 Å². The molecule has 1 N–H and O–H groups in total. The molecule has 0 aromatic heterocycles. The average molecular weight is 433 g/mol. The molecule has 3 nitrogen and oxygen atoms in total. The van der Waals surface area contributed by atoms with Crippen molar-refractivity contribution in [3.63, 3.8) is 0 Å². The lowest BCUT2D eigenvalue weighted by molar-refractivity contribution is -0.122. The molecule has 0 amide bonds. The lowest BCUT2D eigenvalue weighted by atomic mass is 9.55. The van der Waals surface area contributed by atoms with Crippen molar-refractivity contribution in [2.24, 2.45) is 11.8 Å². The molecule has 170 valence electrons. The minimum absolute atomic E-state index is 0.103. The second kappa shape index (κ2) is 9.29. The van der Waals surface area contributed by atoms with E-state index in [1.807, 2.05) is 6.07 Å². The summed E-state index contributed by atoms with van der Waals surface area (Å²) < 4.78 is 6.31. The van der Waals surface area contributed by atoms with Crippen molar-refractivity contribution in [2.75, 3.05) is 0 Å². The van der Waals surface area contributed by atoms with Crippen LogP contribution < -0.4 is 4.74 Å². The normalized spacial score (nSPS) is 27.7. The summed E-state index contributed by atoms with van der Waals surface area (Å²) in [6, 6.07) is 14.6. The van der Waals surface area contributed by atoms with Gasteiger partial charge in [-0.25, -0.2) is 0 Å². The van der Waals surface area contributed by atoms with Crippen molar-refractivity contribution in [1.29, 1.82) is 0 Å². The molecular formula is C29H36O3. The van der Waals surface area contributed by atoms with Gasteiger partial charge in [0.25, 0.3) is 0 Å². The molecule has 2 aromatic rings. The van der Waals surface area contributed by atoms with Crippen LogP contribution in [-0.4, -0.2) is 17.0 Å². The minimum Gasteiger partial charge on any atom is -0.508 e. The van der Waals surface area contributed by atoms with Gasteiger partial charge in [-0.3, -0.25) is 4.79 Å². The molecule has 5 atom stereocenters. The molecule has 2 aromatic carbocycles. The monoisotopic (exact) mass is 432 g/mol. The van der Waals surface area contributed by atoms with E-state index < -0.39 is 0 Å². The third-order valence-corrected chi connectivity index (χ3v) is 8.28. The Hall–Kier alpha value is -2.29. The van der Waals surface area contributed by atoms with Crippen LogP contribution in [0.5, 0.6) is 11.5 Å². The number of aromatic hydroxyl groups is 1. The zero-order valence-electron chi connectivity index (χ0n) is 19.3. The molecule has 0 spiro atoms. The Morgan fingerprint density at radius 1 is 1.03 bits per heavy atom. The van der Waals surface area contributed by atoms with E-state index in [4.69, 9.17) is 4.74 Å². The van der Waals surface area contributed by atoms with Gasteiger partial charge in [0.15, 0.2) is 0 Å². The van der Waals surface area contributed by atoms with E-state index in [1.54, 1.807) is 0 Å². The van der Waals surface area contributed by atoms with Crippen LogP contribution in [0.1, 0.15) is 93.2 Å². The molecule has 3 aliphatic carbocycles. The largest absolute Gasteiger partial charge is 0.508 e. The van der Waals surface area contributed by atoms with Gasteiger partial charge in [0.05, 0.1) is 6.10 Å². The number of rotatable bonds is 6. The van der Waals surface area contributed by atoms with E-state index in [0.29, 0.717) is 35.7 Å². The first kappa shape index (κ1) is 21.6. The number of benzene rings is 2. The number of hydrogen-bond acceptors (Lipinski definition) is 3. The van der Waals surface area contributed by atoms with Crippen LogP contribution in [0.15, 0.2) is 42.5 Å². The first-order valence-electron chi connectivity index (χ1n) is 12.7. The van der Waals surface area contributed by atoms with Gasteiger partial charge in [0.2, 0.25) is 0 Å². The van der Waals surface area contributed by atoms with Gasteiger partial charge in [-0.1, -0.05) is 43.2 Å². The Morgan fingerprint density at radius 2 is 1.81 bits per heavy atom.